The standard InChI is InChI=1S/C21H23BF2N2O2/c1-20(2)21(3,4)28-22(27-20)17-9-8-13(12-26-17)19-14(10-11-25-19)18-15(23)6-5-7-16(18)24/h5-9,11-12,14,19H,10H2,1-4H3. The van der Waals surface area contributed by atoms with Gasteiger partial charge in [0, 0.05) is 23.9 Å². The Morgan fingerprint density at radius 3 is 2.21 bits per heavy atom. The summed E-state index contributed by atoms with van der Waals surface area (Å²) in [6.45, 7) is 7.95. The van der Waals surface area contributed by atoms with Gasteiger partial charge in [-0.3, -0.25) is 9.98 Å². The Bertz CT molecular complexity index is 879. The van der Waals surface area contributed by atoms with Crippen molar-refractivity contribution >= 4 is 18.9 Å². The van der Waals surface area contributed by atoms with E-state index in [1.807, 2.05) is 39.8 Å². The van der Waals surface area contributed by atoms with E-state index >= 15 is 0 Å². The van der Waals surface area contributed by atoms with Crippen molar-refractivity contribution in [1.29, 1.82) is 0 Å². The third kappa shape index (κ3) is 3.16. The van der Waals surface area contributed by atoms with Crippen LogP contribution in [0.4, 0.5) is 8.78 Å². The van der Waals surface area contributed by atoms with Crippen LogP contribution in [0, 0.1) is 11.6 Å². The molecule has 2 unspecified atom stereocenters. The Morgan fingerprint density at radius 1 is 1.00 bits per heavy atom. The molecule has 2 aliphatic heterocycles. The van der Waals surface area contributed by atoms with E-state index in [1.54, 1.807) is 12.4 Å². The van der Waals surface area contributed by atoms with Crippen molar-refractivity contribution in [2.24, 2.45) is 4.99 Å². The fraction of sp³-hybridized carbons (Fsp3) is 0.429. The highest BCUT2D eigenvalue weighted by molar-refractivity contribution is 6.61. The largest absolute Gasteiger partial charge is 0.514 e. The minimum Gasteiger partial charge on any atom is -0.398 e. The van der Waals surface area contributed by atoms with Gasteiger partial charge in [0.25, 0.3) is 0 Å². The number of hydrogen-bond donors (Lipinski definition) is 0. The minimum absolute atomic E-state index is 0.0834. The van der Waals surface area contributed by atoms with Crippen molar-refractivity contribution in [2.75, 3.05) is 0 Å². The molecule has 3 heterocycles. The zero-order valence-electron chi connectivity index (χ0n) is 16.4. The Labute approximate surface area is 164 Å². The first-order valence-electron chi connectivity index (χ1n) is 9.47. The van der Waals surface area contributed by atoms with Crippen LogP contribution in [0.5, 0.6) is 0 Å². The highest BCUT2D eigenvalue weighted by atomic mass is 19.1. The summed E-state index contributed by atoms with van der Waals surface area (Å²) in [5, 5.41) is 0. The summed E-state index contributed by atoms with van der Waals surface area (Å²) >= 11 is 0. The molecule has 28 heavy (non-hydrogen) atoms. The van der Waals surface area contributed by atoms with E-state index in [0.717, 1.165) is 5.56 Å². The van der Waals surface area contributed by atoms with Crippen molar-refractivity contribution < 1.29 is 18.1 Å². The number of benzene rings is 1. The Balaban J connectivity index is 1.58. The van der Waals surface area contributed by atoms with Crippen LogP contribution in [-0.4, -0.2) is 29.5 Å². The zero-order valence-corrected chi connectivity index (χ0v) is 16.4. The molecule has 1 saturated heterocycles. The SMILES string of the molecule is CC1(C)OB(c2ccc(C3N=CCC3c3c(F)cccc3F)cn2)OC1(C)C. The van der Waals surface area contributed by atoms with Crippen molar-refractivity contribution in [3.63, 3.8) is 0 Å². The molecule has 4 nitrogen and oxygen atoms in total. The van der Waals surface area contributed by atoms with E-state index in [1.165, 1.54) is 18.2 Å². The average molecular weight is 384 g/mol. The quantitative estimate of drug-likeness (QED) is 0.753. The first kappa shape index (κ1) is 19.2. The van der Waals surface area contributed by atoms with Crippen molar-refractivity contribution in [3.8, 4) is 0 Å². The zero-order chi connectivity index (χ0) is 20.1. The molecule has 2 aliphatic rings. The van der Waals surface area contributed by atoms with E-state index in [-0.39, 0.29) is 17.5 Å². The molecule has 1 aromatic heterocycles. The number of halogens is 2. The average Bonchev–Trinajstić information content (AvgIpc) is 3.17. The van der Waals surface area contributed by atoms with Crippen LogP contribution in [0.25, 0.3) is 0 Å². The Kier molecular flexibility index (Phi) is 4.63. The summed E-state index contributed by atoms with van der Waals surface area (Å²) in [6, 6.07) is 7.29. The van der Waals surface area contributed by atoms with Crippen LogP contribution in [-0.2, 0) is 9.31 Å². The molecule has 0 N–H and O–H groups in total. The van der Waals surface area contributed by atoms with Crippen molar-refractivity contribution in [3.05, 3.63) is 59.3 Å². The van der Waals surface area contributed by atoms with E-state index < -0.39 is 30.0 Å². The van der Waals surface area contributed by atoms with Gasteiger partial charge in [-0.15, -0.1) is 0 Å². The van der Waals surface area contributed by atoms with Gasteiger partial charge in [-0.05, 0) is 57.9 Å². The van der Waals surface area contributed by atoms with E-state index in [0.29, 0.717) is 12.0 Å². The highest BCUT2D eigenvalue weighted by Crippen LogP contribution is 2.41. The van der Waals surface area contributed by atoms with Gasteiger partial charge in [0.05, 0.1) is 22.8 Å². The molecule has 0 radical (unpaired) electrons. The molecule has 0 amide bonds. The third-order valence-corrected chi connectivity index (χ3v) is 6.02. The molecule has 0 aliphatic carbocycles. The van der Waals surface area contributed by atoms with E-state index in [4.69, 9.17) is 9.31 Å². The Morgan fingerprint density at radius 2 is 1.64 bits per heavy atom. The van der Waals surface area contributed by atoms with Crippen LogP contribution >= 0.6 is 0 Å². The Hall–Kier alpha value is -2.12. The number of rotatable bonds is 3. The van der Waals surface area contributed by atoms with Gasteiger partial charge in [-0.2, -0.15) is 0 Å². The second kappa shape index (κ2) is 6.74. The van der Waals surface area contributed by atoms with Gasteiger partial charge < -0.3 is 9.31 Å². The second-order valence-corrected chi connectivity index (χ2v) is 8.36. The second-order valence-electron chi connectivity index (χ2n) is 8.36. The molecule has 146 valence electrons. The van der Waals surface area contributed by atoms with Gasteiger partial charge in [0.2, 0.25) is 0 Å². The molecule has 7 heteroatoms. The summed E-state index contributed by atoms with van der Waals surface area (Å²) in [6.07, 6.45) is 3.91. The number of pyridine rings is 1. The van der Waals surface area contributed by atoms with Crippen LogP contribution < -0.4 is 5.59 Å². The van der Waals surface area contributed by atoms with Crippen molar-refractivity contribution in [1.82, 2.24) is 4.98 Å². The first-order valence-corrected chi connectivity index (χ1v) is 9.47. The number of nitrogens with zero attached hydrogens (tertiary/aromatic N) is 2. The van der Waals surface area contributed by atoms with Crippen molar-refractivity contribution in [2.45, 2.75) is 57.3 Å². The van der Waals surface area contributed by atoms with Crippen LogP contribution in [0.2, 0.25) is 0 Å². The fourth-order valence-electron chi connectivity index (χ4n) is 3.67. The maximum absolute atomic E-state index is 14.3. The first-order chi connectivity index (χ1) is 13.2. The van der Waals surface area contributed by atoms with Gasteiger partial charge in [-0.25, -0.2) is 8.78 Å². The predicted molar refractivity (Wildman–Crippen MR) is 105 cm³/mol. The van der Waals surface area contributed by atoms with Gasteiger partial charge in [0.1, 0.15) is 11.6 Å². The summed E-state index contributed by atoms with van der Waals surface area (Å²) in [5.41, 5.74) is 0.669. The lowest BCUT2D eigenvalue weighted by atomic mass is 9.82. The summed E-state index contributed by atoms with van der Waals surface area (Å²) in [5.74, 6) is -1.46. The van der Waals surface area contributed by atoms with Gasteiger partial charge >= 0.3 is 7.12 Å². The molecule has 0 saturated carbocycles. The third-order valence-electron chi connectivity index (χ3n) is 6.02. The van der Waals surface area contributed by atoms with Crippen LogP contribution in [0.1, 0.15) is 57.2 Å². The molecular formula is C21H23BF2N2O2. The van der Waals surface area contributed by atoms with Crippen LogP contribution in [0.3, 0.4) is 0 Å². The maximum Gasteiger partial charge on any atom is 0.514 e. The smallest absolute Gasteiger partial charge is 0.398 e. The van der Waals surface area contributed by atoms with Crippen LogP contribution in [0.15, 0.2) is 41.5 Å². The lowest BCUT2D eigenvalue weighted by molar-refractivity contribution is 0.00578. The molecule has 2 aromatic rings. The minimum atomic E-state index is -0.550. The van der Waals surface area contributed by atoms with Gasteiger partial charge in [0.15, 0.2) is 0 Å². The van der Waals surface area contributed by atoms with E-state index in [9.17, 15) is 8.78 Å². The summed E-state index contributed by atoms with van der Waals surface area (Å²) in [4.78, 5) is 8.96. The molecule has 1 fully saturated rings. The highest BCUT2D eigenvalue weighted by Gasteiger charge is 2.52. The summed E-state index contributed by atoms with van der Waals surface area (Å²) < 4.78 is 40.6. The number of aromatic nitrogens is 1. The lowest BCUT2D eigenvalue weighted by Crippen LogP contribution is -2.41. The summed E-state index contributed by atoms with van der Waals surface area (Å²) in [7, 11) is -0.550. The predicted octanol–water partition coefficient (Wildman–Crippen LogP) is 3.96. The lowest BCUT2D eigenvalue weighted by Gasteiger charge is -2.32. The molecule has 0 bridgehead atoms. The molecule has 1 aromatic carbocycles. The molecular weight excluding hydrogens is 361 g/mol. The topological polar surface area (TPSA) is 43.7 Å². The molecule has 2 atom stereocenters. The number of aliphatic imine (C=N–C) groups is 1. The number of hydrogen-bond acceptors (Lipinski definition) is 4. The molecule has 0 spiro atoms. The monoisotopic (exact) mass is 384 g/mol. The van der Waals surface area contributed by atoms with E-state index in [2.05, 4.69) is 9.98 Å². The van der Waals surface area contributed by atoms with Gasteiger partial charge in [-0.1, -0.05) is 12.1 Å². The maximum atomic E-state index is 14.3. The fourth-order valence-corrected chi connectivity index (χ4v) is 3.67. The molecule has 4 rings (SSSR count). The normalized spacial score (nSPS) is 25.4.